The van der Waals surface area contributed by atoms with Crippen LogP contribution in [0.2, 0.25) is 0 Å². The molecule has 0 radical (unpaired) electrons. The molecule has 0 fully saturated rings. The van der Waals surface area contributed by atoms with E-state index in [0.717, 1.165) is 33.6 Å². The van der Waals surface area contributed by atoms with Gasteiger partial charge >= 0.3 is 0 Å². The number of hydrogen-bond donors (Lipinski definition) is 3. The van der Waals surface area contributed by atoms with Crippen molar-refractivity contribution in [2.45, 2.75) is 18.8 Å². The van der Waals surface area contributed by atoms with Crippen LogP contribution < -0.4 is 15.4 Å². The van der Waals surface area contributed by atoms with Gasteiger partial charge in [-0.05, 0) is 28.8 Å². The average molecular weight is 421 g/mol. The number of aromatic nitrogens is 1. The summed E-state index contributed by atoms with van der Waals surface area (Å²) in [6.07, 6.45) is 3.48. The Morgan fingerprint density at radius 1 is 0.867 bits per heavy atom. The van der Waals surface area contributed by atoms with Crippen molar-refractivity contribution >= 4 is 21.4 Å². The summed E-state index contributed by atoms with van der Waals surface area (Å²) in [6, 6.07) is 21.7. The molecule has 154 valence electrons. The Morgan fingerprint density at radius 3 is 2.07 bits per heavy atom. The Labute approximate surface area is 177 Å². The maximum Gasteiger partial charge on any atom is 0.215 e. The van der Waals surface area contributed by atoms with Crippen molar-refractivity contribution in [3.63, 3.8) is 0 Å². The average Bonchev–Trinajstić information content (AvgIpc) is 3.21. The molecule has 0 aliphatic carbocycles. The molecule has 1 atom stereocenters. The summed E-state index contributed by atoms with van der Waals surface area (Å²) in [6.45, 7) is 2.16. The molecule has 3 aromatic rings. The zero-order valence-electron chi connectivity index (χ0n) is 16.7. The molecule has 4 rings (SSSR count). The summed E-state index contributed by atoms with van der Waals surface area (Å²) in [5, 5.41) is 7.15. The van der Waals surface area contributed by atoms with Crippen LogP contribution in [-0.4, -0.2) is 19.9 Å². The van der Waals surface area contributed by atoms with Crippen LogP contribution in [-0.2, 0) is 15.8 Å². The molecule has 0 bridgehead atoms. The first-order valence-electron chi connectivity index (χ1n) is 9.85. The van der Waals surface area contributed by atoms with E-state index < -0.39 is 10.0 Å². The van der Waals surface area contributed by atoms with Crippen LogP contribution in [0.15, 0.2) is 79.1 Å². The van der Waals surface area contributed by atoms with Gasteiger partial charge in [0.2, 0.25) is 10.0 Å². The first-order valence-corrected chi connectivity index (χ1v) is 11.5. The quantitative estimate of drug-likeness (QED) is 0.547. The first-order chi connectivity index (χ1) is 14.6. The Bertz CT molecular complexity index is 1130. The van der Waals surface area contributed by atoms with Gasteiger partial charge in [0.25, 0.3) is 0 Å². The van der Waals surface area contributed by atoms with Gasteiger partial charge < -0.3 is 10.6 Å². The number of pyridine rings is 1. The number of rotatable bonds is 7. The third-order valence-corrected chi connectivity index (χ3v) is 6.33. The highest BCUT2D eigenvalue weighted by molar-refractivity contribution is 7.88. The molecule has 1 unspecified atom stereocenters. The van der Waals surface area contributed by atoms with Gasteiger partial charge in [-0.25, -0.2) is 13.1 Å². The molecule has 6 nitrogen and oxygen atoms in total. The molecule has 1 aromatic heterocycles. The molecule has 0 amide bonds. The van der Waals surface area contributed by atoms with E-state index in [2.05, 4.69) is 32.5 Å². The monoisotopic (exact) mass is 420 g/mol. The fourth-order valence-corrected chi connectivity index (χ4v) is 4.69. The molecule has 1 aliphatic heterocycles. The predicted molar refractivity (Wildman–Crippen MR) is 119 cm³/mol. The number of nitrogens with zero attached hydrogens (tertiary/aromatic N) is 1. The van der Waals surface area contributed by atoms with Gasteiger partial charge in [0.05, 0.1) is 17.1 Å². The Kier molecular flexibility index (Phi) is 5.83. The van der Waals surface area contributed by atoms with Crippen molar-refractivity contribution in [3.8, 4) is 0 Å². The van der Waals surface area contributed by atoms with Crippen LogP contribution in [0.1, 0.15) is 35.3 Å². The number of nitrogens with one attached hydrogen (secondary N) is 3. The first kappa shape index (κ1) is 20.1. The molecule has 1 aliphatic rings. The number of sulfonamides is 1. The third kappa shape index (κ3) is 4.53. The van der Waals surface area contributed by atoms with Crippen LogP contribution in [0.4, 0.5) is 0 Å². The fourth-order valence-electron chi connectivity index (χ4n) is 3.51. The van der Waals surface area contributed by atoms with Crippen LogP contribution in [0.5, 0.6) is 0 Å². The minimum absolute atomic E-state index is 0.0320. The van der Waals surface area contributed by atoms with Crippen molar-refractivity contribution in [2.24, 2.45) is 0 Å². The molecule has 3 N–H and O–H groups in total. The van der Waals surface area contributed by atoms with Crippen LogP contribution in [0.25, 0.3) is 11.4 Å². The van der Waals surface area contributed by atoms with Crippen LogP contribution in [0.3, 0.4) is 0 Å². The van der Waals surface area contributed by atoms with Crippen molar-refractivity contribution in [2.75, 3.05) is 6.54 Å². The number of benzene rings is 2. The minimum Gasteiger partial charge on any atom is -0.359 e. The van der Waals surface area contributed by atoms with E-state index in [1.807, 2.05) is 54.6 Å². The Morgan fingerprint density at radius 2 is 1.47 bits per heavy atom. The largest absolute Gasteiger partial charge is 0.359 e. The van der Waals surface area contributed by atoms with E-state index in [9.17, 15) is 8.42 Å². The second kappa shape index (κ2) is 8.69. The van der Waals surface area contributed by atoms with Gasteiger partial charge in [0.15, 0.2) is 0 Å². The topological polar surface area (TPSA) is 83.1 Å². The van der Waals surface area contributed by atoms with E-state index >= 15 is 0 Å². The van der Waals surface area contributed by atoms with Gasteiger partial charge in [0.1, 0.15) is 6.17 Å². The van der Waals surface area contributed by atoms with Crippen molar-refractivity contribution in [3.05, 3.63) is 101 Å². The lowest BCUT2D eigenvalue weighted by Gasteiger charge is -2.15. The summed E-state index contributed by atoms with van der Waals surface area (Å²) in [5.41, 5.74) is 5.85. The highest BCUT2D eigenvalue weighted by atomic mass is 32.2. The summed E-state index contributed by atoms with van der Waals surface area (Å²) < 4.78 is 26.6. The van der Waals surface area contributed by atoms with E-state index in [1.165, 1.54) is 0 Å². The van der Waals surface area contributed by atoms with Crippen molar-refractivity contribution in [1.82, 2.24) is 20.3 Å². The van der Waals surface area contributed by atoms with E-state index in [-0.39, 0.29) is 11.9 Å². The van der Waals surface area contributed by atoms with Crippen LogP contribution in [0, 0.1) is 0 Å². The number of hydrogen-bond acceptors (Lipinski definition) is 5. The lowest BCUT2D eigenvalue weighted by Crippen LogP contribution is -2.24. The lowest BCUT2D eigenvalue weighted by atomic mass is 10.1. The molecule has 0 saturated heterocycles. The SMILES string of the molecule is CCNS(=O)(=O)Cc1ccc(C2=C(c3ccncc3)NC(c3ccccc3)N2)cc1. The summed E-state index contributed by atoms with van der Waals surface area (Å²) in [4.78, 5) is 4.12. The van der Waals surface area contributed by atoms with E-state index in [4.69, 9.17) is 0 Å². The standard InChI is InChI=1S/C23H24N4O2S/c1-2-25-30(28,29)16-17-8-10-18(11-9-17)21-22(19-12-14-24-15-13-19)27-23(26-21)20-6-4-3-5-7-20/h3-15,23,25-27H,2,16H2,1H3. The second-order valence-corrected chi connectivity index (χ2v) is 8.88. The second-order valence-electron chi connectivity index (χ2n) is 7.07. The summed E-state index contributed by atoms with van der Waals surface area (Å²) >= 11 is 0. The summed E-state index contributed by atoms with van der Waals surface area (Å²) in [5.74, 6) is -0.0320. The fraction of sp³-hybridized carbons (Fsp3) is 0.174. The van der Waals surface area contributed by atoms with E-state index in [1.54, 1.807) is 19.3 Å². The molecule has 0 spiro atoms. The Hall–Kier alpha value is -3.16. The van der Waals surface area contributed by atoms with Crippen molar-refractivity contribution < 1.29 is 8.42 Å². The highest BCUT2D eigenvalue weighted by Gasteiger charge is 2.25. The molecule has 2 aromatic carbocycles. The van der Waals surface area contributed by atoms with Gasteiger partial charge in [0, 0.05) is 24.5 Å². The normalized spacial score (nSPS) is 16.2. The highest BCUT2D eigenvalue weighted by Crippen LogP contribution is 2.32. The molecule has 7 heteroatoms. The maximum absolute atomic E-state index is 12.0. The predicted octanol–water partition coefficient (Wildman–Crippen LogP) is 3.24. The smallest absolute Gasteiger partial charge is 0.215 e. The van der Waals surface area contributed by atoms with Gasteiger partial charge in [-0.1, -0.05) is 61.5 Å². The molecular weight excluding hydrogens is 396 g/mol. The molecular formula is C23H24N4O2S. The molecule has 0 saturated carbocycles. The summed E-state index contributed by atoms with van der Waals surface area (Å²) in [7, 11) is -3.31. The zero-order chi connectivity index (χ0) is 21.0. The zero-order valence-corrected chi connectivity index (χ0v) is 17.5. The van der Waals surface area contributed by atoms with Gasteiger partial charge in [-0.3, -0.25) is 4.98 Å². The Balaban J connectivity index is 1.65. The maximum atomic E-state index is 12.0. The minimum atomic E-state index is -3.31. The van der Waals surface area contributed by atoms with Gasteiger partial charge in [-0.15, -0.1) is 0 Å². The van der Waals surface area contributed by atoms with Gasteiger partial charge in [-0.2, -0.15) is 0 Å². The van der Waals surface area contributed by atoms with E-state index in [0.29, 0.717) is 6.54 Å². The molecule has 30 heavy (non-hydrogen) atoms. The van der Waals surface area contributed by atoms with Crippen LogP contribution >= 0.6 is 0 Å². The lowest BCUT2D eigenvalue weighted by molar-refractivity contribution is 0.583. The third-order valence-electron chi connectivity index (χ3n) is 4.89. The van der Waals surface area contributed by atoms with Crippen molar-refractivity contribution in [1.29, 1.82) is 0 Å². The molecule has 2 heterocycles.